The third-order valence-corrected chi connectivity index (χ3v) is 5.44. The van der Waals surface area contributed by atoms with Crippen LogP contribution in [-0.2, 0) is 13.2 Å². The molecular weight excluding hydrogens is 445 g/mol. The summed E-state index contributed by atoms with van der Waals surface area (Å²) in [7, 11) is 0. The van der Waals surface area contributed by atoms with Crippen molar-refractivity contribution in [2.75, 3.05) is 0 Å². The molecule has 1 atom stereocenters. The van der Waals surface area contributed by atoms with Gasteiger partial charge < -0.3 is 10.1 Å². The molecule has 5 nitrogen and oxygen atoms in total. The molecule has 2 aromatic carbocycles. The van der Waals surface area contributed by atoms with Crippen molar-refractivity contribution in [1.82, 2.24) is 15.1 Å². The van der Waals surface area contributed by atoms with Gasteiger partial charge in [-0.2, -0.15) is 5.10 Å². The van der Waals surface area contributed by atoms with Crippen LogP contribution in [0.5, 0.6) is 5.75 Å². The Morgan fingerprint density at radius 2 is 1.90 bits per heavy atom. The maximum absolute atomic E-state index is 12.8. The molecule has 0 saturated heterocycles. The van der Waals surface area contributed by atoms with Crippen LogP contribution in [0, 0.1) is 6.92 Å². The van der Waals surface area contributed by atoms with Crippen molar-refractivity contribution in [2.24, 2.45) is 0 Å². The van der Waals surface area contributed by atoms with Crippen LogP contribution in [0.3, 0.4) is 0 Å². The monoisotopic (exact) mass is 465 g/mol. The Labute approximate surface area is 190 Å². The average Bonchev–Trinajstić information content (AvgIpc) is 3.08. The van der Waals surface area contributed by atoms with Gasteiger partial charge in [0, 0.05) is 28.9 Å². The van der Waals surface area contributed by atoms with Gasteiger partial charge in [-0.25, -0.2) is 0 Å². The van der Waals surface area contributed by atoms with Crippen LogP contribution in [0.15, 0.2) is 42.6 Å². The smallest absolute Gasteiger partial charge is 0.251 e. The lowest BCUT2D eigenvalue weighted by Crippen LogP contribution is -2.27. The van der Waals surface area contributed by atoms with Crippen molar-refractivity contribution in [3.63, 3.8) is 0 Å². The predicted molar refractivity (Wildman–Crippen MR) is 121 cm³/mol. The molecule has 1 unspecified atom stereocenters. The minimum atomic E-state index is -0.171. The number of hydrogen-bond donors (Lipinski definition) is 1. The normalized spacial score (nSPS) is 11.9. The summed E-state index contributed by atoms with van der Waals surface area (Å²) in [5.74, 6) is 0.185. The summed E-state index contributed by atoms with van der Waals surface area (Å²) in [6, 6.07) is 10.2. The van der Waals surface area contributed by atoms with E-state index < -0.39 is 0 Å². The van der Waals surface area contributed by atoms with E-state index in [1.165, 1.54) is 0 Å². The molecule has 1 heterocycles. The fourth-order valence-corrected chi connectivity index (χ4v) is 4.03. The standard InChI is InChI=1S/C22H22Cl3N3O2/c1-4-28-11-18(14(3)27-28)13(2)26-22(29)16-7-5-6-15(8-16)12-30-21-19(24)9-17(23)10-20(21)25/h5-11,13H,4,12H2,1-3H3,(H,26,29). The first-order valence-electron chi connectivity index (χ1n) is 9.49. The first-order chi connectivity index (χ1) is 14.3. The zero-order valence-electron chi connectivity index (χ0n) is 16.9. The lowest BCUT2D eigenvalue weighted by atomic mass is 10.1. The van der Waals surface area contributed by atoms with Crippen LogP contribution in [-0.4, -0.2) is 15.7 Å². The second-order valence-corrected chi connectivity index (χ2v) is 8.16. The highest BCUT2D eigenvalue weighted by atomic mass is 35.5. The Kier molecular flexibility index (Phi) is 7.29. The highest BCUT2D eigenvalue weighted by Gasteiger charge is 2.16. The maximum atomic E-state index is 12.8. The summed E-state index contributed by atoms with van der Waals surface area (Å²) in [6.07, 6.45) is 1.96. The zero-order valence-corrected chi connectivity index (χ0v) is 19.1. The number of ether oxygens (including phenoxy) is 1. The summed E-state index contributed by atoms with van der Waals surface area (Å²) in [5.41, 5.74) is 3.25. The van der Waals surface area contributed by atoms with Gasteiger partial charge >= 0.3 is 0 Å². The van der Waals surface area contributed by atoms with Crippen molar-refractivity contribution in [3.05, 3.63) is 80.0 Å². The Hall–Kier alpha value is -2.21. The van der Waals surface area contributed by atoms with E-state index in [9.17, 15) is 4.79 Å². The lowest BCUT2D eigenvalue weighted by molar-refractivity contribution is 0.0939. The Morgan fingerprint density at radius 3 is 2.53 bits per heavy atom. The minimum absolute atomic E-state index is 0.163. The van der Waals surface area contributed by atoms with Crippen LogP contribution in [0.25, 0.3) is 0 Å². The number of nitrogens with zero attached hydrogens (tertiary/aromatic N) is 2. The summed E-state index contributed by atoms with van der Waals surface area (Å²) < 4.78 is 7.62. The summed E-state index contributed by atoms with van der Waals surface area (Å²) >= 11 is 18.2. The molecule has 0 spiro atoms. The summed E-state index contributed by atoms with van der Waals surface area (Å²) in [6.45, 7) is 6.90. The second-order valence-electron chi connectivity index (χ2n) is 6.91. The van der Waals surface area contributed by atoms with Crippen molar-refractivity contribution in [1.29, 1.82) is 0 Å². The number of aromatic nitrogens is 2. The molecule has 0 aliphatic heterocycles. The number of carbonyl (C=O) groups is 1. The van der Waals surface area contributed by atoms with Crippen LogP contribution in [0.4, 0.5) is 0 Å². The van der Waals surface area contributed by atoms with Gasteiger partial charge in [-0.1, -0.05) is 46.9 Å². The molecule has 3 aromatic rings. The van der Waals surface area contributed by atoms with Crippen LogP contribution in [0.1, 0.15) is 47.1 Å². The van der Waals surface area contributed by atoms with Crippen LogP contribution in [0.2, 0.25) is 15.1 Å². The molecule has 0 aliphatic rings. The van der Waals surface area contributed by atoms with Gasteiger partial charge in [0.2, 0.25) is 0 Å². The van der Waals surface area contributed by atoms with Gasteiger partial charge in [0.05, 0.1) is 21.8 Å². The highest BCUT2D eigenvalue weighted by Crippen LogP contribution is 2.36. The highest BCUT2D eigenvalue weighted by molar-refractivity contribution is 6.40. The molecule has 8 heteroatoms. The fraction of sp³-hybridized carbons (Fsp3) is 0.273. The number of hydrogen-bond acceptors (Lipinski definition) is 3. The van der Waals surface area contributed by atoms with E-state index in [0.29, 0.717) is 26.4 Å². The average molecular weight is 467 g/mol. The third-order valence-electron chi connectivity index (χ3n) is 4.66. The quantitative estimate of drug-likeness (QED) is 0.448. The molecule has 158 valence electrons. The van der Waals surface area contributed by atoms with E-state index in [2.05, 4.69) is 10.4 Å². The third kappa shape index (κ3) is 5.28. The van der Waals surface area contributed by atoms with E-state index in [1.807, 2.05) is 43.8 Å². The van der Waals surface area contributed by atoms with Gasteiger partial charge in [-0.15, -0.1) is 0 Å². The second kappa shape index (κ2) is 9.73. The SMILES string of the molecule is CCn1cc(C(C)NC(=O)c2cccc(COc3c(Cl)cc(Cl)cc3Cl)c2)c(C)n1. The molecule has 3 rings (SSSR count). The first-order valence-corrected chi connectivity index (χ1v) is 10.6. The van der Waals surface area contributed by atoms with E-state index in [4.69, 9.17) is 39.5 Å². The molecule has 0 aliphatic carbocycles. The summed E-state index contributed by atoms with van der Waals surface area (Å²) in [4.78, 5) is 12.8. The number of nitrogens with one attached hydrogen (secondary N) is 1. The molecule has 30 heavy (non-hydrogen) atoms. The number of amides is 1. The van der Waals surface area contributed by atoms with E-state index in [0.717, 1.165) is 23.4 Å². The molecular formula is C22H22Cl3N3O2. The molecule has 0 bridgehead atoms. The predicted octanol–water partition coefficient (Wildman–Crippen LogP) is 6.24. The summed E-state index contributed by atoms with van der Waals surface area (Å²) in [5, 5.41) is 8.56. The molecule has 0 fully saturated rings. The van der Waals surface area contributed by atoms with E-state index >= 15 is 0 Å². The molecule has 0 saturated carbocycles. The lowest BCUT2D eigenvalue weighted by Gasteiger charge is -2.14. The molecule has 0 radical (unpaired) electrons. The van der Waals surface area contributed by atoms with Crippen LogP contribution >= 0.6 is 34.8 Å². The number of halogens is 3. The topological polar surface area (TPSA) is 56.2 Å². The van der Waals surface area contributed by atoms with Crippen LogP contribution < -0.4 is 10.1 Å². The zero-order chi connectivity index (χ0) is 21.8. The Bertz CT molecular complexity index is 1040. The van der Waals surface area contributed by atoms with Crippen molar-refractivity contribution in [2.45, 2.75) is 40.0 Å². The maximum Gasteiger partial charge on any atom is 0.251 e. The molecule has 1 aromatic heterocycles. The van der Waals surface area contributed by atoms with Gasteiger partial charge in [0.15, 0.2) is 5.75 Å². The van der Waals surface area contributed by atoms with Gasteiger partial charge in [0.25, 0.3) is 5.91 Å². The molecule has 1 amide bonds. The number of aryl methyl sites for hydroxylation is 2. The first kappa shape index (κ1) is 22.5. The molecule has 1 N–H and O–H groups in total. The number of benzene rings is 2. The Morgan fingerprint density at radius 1 is 1.20 bits per heavy atom. The van der Waals surface area contributed by atoms with Gasteiger partial charge in [0.1, 0.15) is 6.61 Å². The van der Waals surface area contributed by atoms with Crippen molar-refractivity contribution >= 4 is 40.7 Å². The number of carbonyl (C=O) groups excluding carboxylic acids is 1. The van der Waals surface area contributed by atoms with E-state index in [1.54, 1.807) is 24.3 Å². The minimum Gasteiger partial charge on any atom is -0.486 e. The largest absolute Gasteiger partial charge is 0.486 e. The van der Waals surface area contributed by atoms with Crippen molar-refractivity contribution < 1.29 is 9.53 Å². The van der Waals surface area contributed by atoms with Crippen molar-refractivity contribution in [3.8, 4) is 5.75 Å². The van der Waals surface area contributed by atoms with E-state index in [-0.39, 0.29) is 18.6 Å². The van der Waals surface area contributed by atoms with Gasteiger partial charge in [-0.3, -0.25) is 9.48 Å². The Balaban J connectivity index is 1.69. The fourth-order valence-electron chi connectivity index (χ4n) is 3.10. The number of rotatable bonds is 7. The van der Waals surface area contributed by atoms with Gasteiger partial charge in [-0.05, 0) is 50.6 Å².